The topological polar surface area (TPSA) is 67.6 Å². The Bertz CT molecular complexity index is 408. The highest BCUT2D eigenvalue weighted by molar-refractivity contribution is 5.70. The molecule has 0 fully saturated rings. The zero-order valence-corrected chi connectivity index (χ0v) is 9.85. The molecular weight excluding hydrogens is 218 g/mol. The predicted molar refractivity (Wildman–Crippen MR) is 65.0 cm³/mol. The SMILES string of the molecule is CC1Cc2ccccc2N1CCC(=O)ONN. The van der Waals surface area contributed by atoms with Gasteiger partial charge in [0.15, 0.2) is 0 Å². The summed E-state index contributed by atoms with van der Waals surface area (Å²) in [5, 5.41) is 0. The van der Waals surface area contributed by atoms with Gasteiger partial charge in [-0.2, -0.15) is 0 Å². The molecule has 5 heteroatoms. The van der Waals surface area contributed by atoms with Crippen LogP contribution in [-0.4, -0.2) is 18.6 Å². The van der Waals surface area contributed by atoms with Crippen molar-refractivity contribution in [3.63, 3.8) is 0 Å². The monoisotopic (exact) mass is 235 g/mol. The zero-order chi connectivity index (χ0) is 12.3. The standard InChI is InChI=1S/C12H17N3O2/c1-9-8-10-4-2-3-5-11(10)15(9)7-6-12(16)17-14-13/h2-5,9,14H,6-8,13H2,1H3. The Kier molecular flexibility index (Phi) is 3.61. The average Bonchev–Trinajstić information content (AvgIpc) is 2.62. The van der Waals surface area contributed by atoms with Crippen LogP contribution in [0.25, 0.3) is 0 Å². The van der Waals surface area contributed by atoms with E-state index in [9.17, 15) is 4.79 Å². The lowest BCUT2D eigenvalue weighted by atomic mass is 10.1. The number of hydrazine groups is 1. The van der Waals surface area contributed by atoms with Crippen LogP contribution in [0.15, 0.2) is 24.3 Å². The fraction of sp³-hybridized carbons (Fsp3) is 0.417. The van der Waals surface area contributed by atoms with Crippen LogP contribution >= 0.6 is 0 Å². The molecule has 0 spiro atoms. The van der Waals surface area contributed by atoms with Crippen molar-refractivity contribution >= 4 is 11.7 Å². The third-order valence-electron chi connectivity index (χ3n) is 3.08. The number of fused-ring (bicyclic) bond motifs is 1. The second-order valence-electron chi connectivity index (χ2n) is 4.22. The molecule has 0 aliphatic carbocycles. The Morgan fingerprint density at radius 1 is 1.59 bits per heavy atom. The molecule has 0 bridgehead atoms. The molecule has 1 atom stereocenters. The Labute approximate surface area is 100 Å². The van der Waals surface area contributed by atoms with E-state index >= 15 is 0 Å². The summed E-state index contributed by atoms with van der Waals surface area (Å²) >= 11 is 0. The predicted octanol–water partition coefficient (Wildman–Crippen LogP) is 0.749. The Hall–Kier alpha value is -1.59. The number of benzene rings is 1. The van der Waals surface area contributed by atoms with Gasteiger partial charge in [0.1, 0.15) is 0 Å². The number of para-hydroxylation sites is 1. The van der Waals surface area contributed by atoms with Crippen molar-refractivity contribution in [3.8, 4) is 0 Å². The number of carbonyl (C=O) groups excluding carboxylic acids is 1. The van der Waals surface area contributed by atoms with Gasteiger partial charge in [-0.3, -0.25) is 4.79 Å². The van der Waals surface area contributed by atoms with E-state index in [1.807, 2.05) is 17.7 Å². The van der Waals surface area contributed by atoms with E-state index in [2.05, 4.69) is 28.8 Å². The molecule has 0 saturated carbocycles. The minimum atomic E-state index is -0.343. The number of hydrogen-bond acceptors (Lipinski definition) is 5. The van der Waals surface area contributed by atoms with Crippen LogP contribution in [0.1, 0.15) is 18.9 Å². The normalized spacial score (nSPS) is 18.0. The summed E-state index contributed by atoms with van der Waals surface area (Å²) in [6, 6.07) is 8.70. The number of nitrogens with two attached hydrogens (primary N) is 1. The molecule has 1 aliphatic rings. The van der Waals surface area contributed by atoms with E-state index in [0.717, 1.165) is 6.42 Å². The average molecular weight is 235 g/mol. The molecule has 17 heavy (non-hydrogen) atoms. The second-order valence-corrected chi connectivity index (χ2v) is 4.22. The number of hydrogen-bond donors (Lipinski definition) is 2. The van der Waals surface area contributed by atoms with Crippen LogP contribution in [0.4, 0.5) is 5.69 Å². The van der Waals surface area contributed by atoms with Crippen molar-refractivity contribution in [2.24, 2.45) is 5.84 Å². The van der Waals surface area contributed by atoms with E-state index in [1.54, 1.807) is 0 Å². The number of anilines is 1. The summed E-state index contributed by atoms with van der Waals surface area (Å²) in [7, 11) is 0. The van der Waals surface area contributed by atoms with Crippen LogP contribution in [0.2, 0.25) is 0 Å². The number of nitrogens with zero attached hydrogens (tertiary/aromatic N) is 1. The van der Waals surface area contributed by atoms with Gasteiger partial charge in [0.2, 0.25) is 0 Å². The van der Waals surface area contributed by atoms with Crippen LogP contribution in [-0.2, 0) is 16.1 Å². The van der Waals surface area contributed by atoms with E-state index < -0.39 is 0 Å². The van der Waals surface area contributed by atoms with Crippen LogP contribution < -0.4 is 16.3 Å². The molecule has 0 amide bonds. The van der Waals surface area contributed by atoms with Gasteiger partial charge in [-0.15, -0.1) is 0 Å². The van der Waals surface area contributed by atoms with Gasteiger partial charge in [0, 0.05) is 18.3 Å². The maximum absolute atomic E-state index is 11.2. The summed E-state index contributed by atoms with van der Waals surface area (Å²) in [5.41, 5.74) is 4.46. The molecular formula is C12H17N3O2. The first-order valence-corrected chi connectivity index (χ1v) is 5.72. The number of nitrogens with one attached hydrogen (secondary N) is 1. The quantitative estimate of drug-likeness (QED) is 0.595. The molecule has 1 unspecified atom stereocenters. The molecule has 0 saturated heterocycles. The van der Waals surface area contributed by atoms with E-state index in [-0.39, 0.29) is 5.97 Å². The smallest absolute Gasteiger partial charge is 0.328 e. The molecule has 3 N–H and O–H groups in total. The molecule has 1 aliphatic heterocycles. The fourth-order valence-corrected chi connectivity index (χ4v) is 2.30. The van der Waals surface area contributed by atoms with Gasteiger partial charge in [0.05, 0.1) is 6.42 Å². The molecule has 1 aromatic carbocycles. The molecule has 0 aromatic heterocycles. The van der Waals surface area contributed by atoms with Crippen LogP contribution in [0.3, 0.4) is 0 Å². The Morgan fingerprint density at radius 3 is 3.12 bits per heavy atom. The summed E-state index contributed by atoms with van der Waals surface area (Å²) in [6.45, 7) is 2.81. The van der Waals surface area contributed by atoms with Gasteiger partial charge in [-0.25, -0.2) is 5.84 Å². The largest absolute Gasteiger partial charge is 0.368 e. The maximum Gasteiger partial charge on any atom is 0.328 e. The zero-order valence-electron chi connectivity index (χ0n) is 9.85. The minimum Gasteiger partial charge on any atom is -0.368 e. The van der Waals surface area contributed by atoms with Gasteiger partial charge in [-0.1, -0.05) is 23.8 Å². The highest BCUT2D eigenvalue weighted by atomic mass is 16.7. The van der Waals surface area contributed by atoms with Gasteiger partial charge in [-0.05, 0) is 25.0 Å². The lowest BCUT2D eigenvalue weighted by Gasteiger charge is -2.24. The van der Waals surface area contributed by atoms with Crippen molar-refractivity contribution < 1.29 is 9.63 Å². The lowest BCUT2D eigenvalue weighted by Crippen LogP contribution is -2.33. The first kappa shape index (κ1) is 11.9. The molecule has 1 aromatic rings. The second kappa shape index (κ2) is 5.16. The van der Waals surface area contributed by atoms with Crippen molar-refractivity contribution in [3.05, 3.63) is 29.8 Å². The number of rotatable bonds is 4. The van der Waals surface area contributed by atoms with Gasteiger partial charge in [0.25, 0.3) is 0 Å². The highest BCUT2D eigenvalue weighted by Crippen LogP contribution is 2.31. The van der Waals surface area contributed by atoms with Gasteiger partial charge >= 0.3 is 5.97 Å². The van der Waals surface area contributed by atoms with Crippen molar-refractivity contribution in [1.29, 1.82) is 0 Å². The molecule has 1 heterocycles. The molecule has 92 valence electrons. The third kappa shape index (κ3) is 2.57. The first-order chi connectivity index (χ1) is 8.22. The maximum atomic E-state index is 11.2. The summed E-state index contributed by atoms with van der Waals surface area (Å²) in [5.74, 6) is 4.57. The Balaban J connectivity index is 1.99. The van der Waals surface area contributed by atoms with Crippen molar-refractivity contribution in [1.82, 2.24) is 5.59 Å². The first-order valence-electron chi connectivity index (χ1n) is 5.72. The Morgan fingerprint density at radius 2 is 2.35 bits per heavy atom. The van der Waals surface area contributed by atoms with Crippen molar-refractivity contribution in [2.75, 3.05) is 11.4 Å². The number of carbonyl (C=O) groups is 1. The highest BCUT2D eigenvalue weighted by Gasteiger charge is 2.25. The van der Waals surface area contributed by atoms with E-state index in [1.165, 1.54) is 11.3 Å². The van der Waals surface area contributed by atoms with E-state index in [4.69, 9.17) is 5.84 Å². The summed E-state index contributed by atoms with van der Waals surface area (Å²) in [4.78, 5) is 17.9. The lowest BCUT2D eigenvalue weighted by molar-refractivity contribution is -0.151. The molecule has 0 radical (unpaired) electrons. The summed E-state index contributed by atoms with van der Waals surface area (Å²) in [6.07, 6.45) is 1.35. The third-order valence-corrected chi connectivity index (χ3v) is 3.08. The van der Waals surface area contributed by atoms with Crippen LogP contribution in [0, 0.1) is 0 Å². The minimum absolute atomic E-state index is 0.322. The van der Waals surface area contributed by atoms with Crippen molar-refractivity contribution in [2.45, 2.75) is 25.8 Å². The van der Waals surface area contributed by atoms with E-state index in [0.29, 0.717) is 19.0 Å². The fourth-order valence-electron chi connectivity index (χ4n) is 2.30. The molecule has 5 nitrogen and oxygen atoms in total. The van der Waals surface area contributed by atoms with Gasteiger partial charge < -0.3 is 9.74 Å². The van der Waals surface area contributed by atoms with Crippen LogP contribution in [0.5, 0.6) is 0 Å². The summed E-state index contributed by atoms with van der Waals surface area (Å²) < 4.78 is 0. The molecule has 2 rings (SSSR count).